The van der Waals surface area contributed by atoms with Gasteiger partial charge >= 0.3 is 0 Å². The molecule has 2 aliphatic rings. The minimum Gasteiger partial charge on any atom is -0.396 e. The van der Waals surface area contributed by atoms with Crippen LogP contribution >= 0.6 is 11.9 Å². The first kappa shape index (κ1) is 16.3. The van der Waals surface area contributed by atoms with Gasteiger partial charge in [0, 0.05) is 36.7 Å². The molecule has 4 heteroatoms. The van der Waals surface area contributed by atoms with Gasteiger partial charge in [0.2, 0.25) is 0 Å². The molecule has 0 bridgehead atoms. The predicted octanol–water partition coefficient (Wildman–Crippen LogP) is 3.40. The molecule has 0 aromatic heterocycles. The molecular formula is C18H28N2OS. The Morgan fingerprint density at radius 2 is 1.77 bits per heavy atom. The molecule has 2 aliphatic heterocycles. The Kier molecular flexibility index (Phi) is 6.19. The molecule has 1 N–H and O–H groups in total. The van der Waals surface area contributed by atoms with Gasteiger partial charge in [0.05, 0.1) is 0 Å². The molecule has 2 fully saturated rings. The van der Waals surface area contributed by atoms with Crippen molar-refractivity contribution in [2.75, 3.05) is 26.2 Å². The van der Waals surface area contributed by atoms with Gasteiger partial charge in [0.1, 0.15) is 0 Å². The Hall–Kier alpha value is -0.550. The van der Waals surface area contributed by atoms with Crippen molar-refractivity contribution in [3.05, 3.63) is 30.3 Å². The lowest BCUT2D eigenvalue weighted by molar-refractivity contribution is 0.0528. The molecule has 3 rings (SSSR count). The molecular weight excluding hydrogens is 292 g/mol. The summed E-state index contributed by atoms with van der Waals surface area (Å²) in [5, 5.41) is 9.30. The summed E-state index contributed by atoms with van der Waals surface area (Å²) >= 11 is 1.90. The molecule has 2 saturated heterocycles. The van der Waals surface area contributed by atoms with Gasteiger partial charge in [-0.1, -0.05) is 24.6 Å². The first-order valence-corrected chi connectivity index (χ1v) is 9.49. The van der Waals surface area contributed by atoms with E-state index in [1.54, 1.807) is 0 Å². The van der Waals surface area contributed by atoms with Gasteiger partial charge in [-0.05, 0) is 62.7 Å². The van der Waals surface area contributed by atoms with Gasteiger partial charge in [-0.25, -0.2) is 4.31 Å². The van der Waals surface area contributed by atoms with E-state index in [0.717, 1.165) is 12.5 Å². The van der Waals surface area contributed by atoms with Crippen LogP contribution in [0.15, 0.2) is 35.2 Å². The van der Waals surface area contributed by atoms with Crippen molar-refractivity contribution >= 4 is 11.9 Å². The van der Waals surface area contributed by atoms with Crippen molar-refractivity contribution in [3.8, 4) is 0 Å². The van der Waals surface area contributed by atoms with Crippen LogP contribution in [0.3, 0.4) is 0 Å². The number of piperidine rings is 2. The van der Waals surface area contributed by atoms with E-state index in [0.29, 0.717) is 12.6 Å². The largest absolute Gasteiger partial charge is 0.396 e. The summed E-state index contributed by atoms with van der Waals surface area (Å²) in [6, 6.07) is 12.0. The molecule has 1 atom stereocenters. The Morgan fingerprint density at radius 3 is 2.50 bits per heavy atom. The minimum absolute atomic E-state index is 0.337. The third-order valence-corrected chi connectivity index (χ3v) is 6.11. The Labute approximate surface area is 138 Å². The Balaban J connectivity index is 1.50. The molecule has 0 saturated carbocycles. The quantitative estimate of drug-likeness (QED) is 0.841. The highest BCUT2D eigenvalue weighted by Crippen LogP contribution is 2.30. The number of hydrogen-bond acceptors (Lipinski definition) is 4. The van der Waals surface area contributed by atoms with Gasteiger partial charge < -0.3 is 5.11 Å². The summed E-state index contributed by atoms with van der Waals surface area (Å²) in [7, 11) is 0. The van der Waals surface area contributed by atoms with E-state index < -0.39 is 0 Å². The Morgan fingerprint density at radius 1 is 1.00 bits per heavy atom. The first-order valence-electron chi connectivity index (χ1n) is 8.71. The summed E-state index contributed by atoms with van der Waals surface area (Å²) in [6.45, 7) is 3.92. The summed E-state index contributed by atoms with van der Waals surface area (Å²) in [5.41, 5.74) is 0. The SMILES string of the molecule is OCCC1CCCCN1C1CCN(Sc2ccccc2)CC1. The standard InChI is InChI=1S/C18H28N2OS/c21-15-11-16-6-4-5-12-20(16)17-9-13-19(14-10-17)22-18-7-2-1-3-8-18/h1-3,7-8,16-17,21H,4-6,9-15H2. The van der Waals surface area contributed by atoms with E-state index in [1.807, 2.05) is 11.9 Å². The second kappa shape index (κ2) is 8.34. The van der Waals surface area contributed by atoms with Crippen LogP contribution in [0.5, 0.6) is 0 Å². The van der Waals surface area contributed by atoms with Crippen molar-refractivity contribution in [2.24, 2.45) is 0 Å². The molecule has 1 aromatic carbocycles. The predicted molar refractivity (Wildman–Crippen MR) is 92.9 cm³/mol. The molecule has 1 unspecified atom stereocenters. The Bertz CT molecular complexity index is 432. The van der Waals surface area contributed by atoms with E-state index in [4.69, 9.17) is 0 Å². The van der Waals surface area contributed by atoms with Crippen molar-refractivity contribution in [2.45, 2.75) is 55.5 Å². The minimum atomic E-state index is 0.337. The average Bonchev–Trinajstić information content (AvgIpc) is 2.58. The highest BCUT2D eigenvalue weighted by Gasteiger charge is 2.31. The highest BCUT2D eigenvalue weighted by atomic mass is 32.2. The number of benzene rings is 1. The van der Waals surface area contributed by atoms with Crippen molar-refractivity contribution in [1.82, 2.24) is 9.21 Å². The van der Waals surface area contributed by atoms with Crippen molar-refractivity contribution < 1.29 is 5.11 Å². The monoisotopic (exact) mass is 320 g/mol. The van der Waals surface area contributed by atoms with Crippen molar-refractivity contribution in [3.63, 3.8) is 0 Å². The zero-order valence-corrected chi connectivity index (χ0v) is 14.2. The molecule has 0 aliphatic carbocycles. The number of hydrogen-bond donors (Lipinski definition) is 1. The van der Waals surface area contributed by atoms with Crippen molar-refractivity contribution in [1.29, 1.82) is 0 Å². The zero-order chi connectivity index (χ0) is 15.2. The molecule has 22 heavy (non-hydrogen) atoms. The number of likely N-dealkylation sites (tertiary alicyclic amines) is 1. The number of nitrogens with zero attached hydrogens (tertiary/aromatic N) is 2. The lowest BCUT2D eigenvalue weighted by Crippen LogP contribution is -2.50. The topological polar surface area (TPSA) is 26.7 Å². The molecule has 0 radical (unpaired) electrons. The van der Waals surface area contributed by atoms with E-state index >= 15 is 0 Å². The lowest BCUT2D eigenvalue weighted by atomic mass is 9.94. The highest BCUT2D eigenvalue weighted by molar-refractivity contribution is 7.97. The smallest absolute Gasteiger partial charge is 0.0445 e. The average molecular weight is 321 g/mol. The molecule has 122 valence electrons. The van der Waals surface area contributed by atoms with Crippen LogP contribution in [0.25, 0.3) is 0 Å². The number of aliphatic hydroxyl groups is 1. The van der Waals surface area contributed by atoms with Crippen LogP contribution in [-0.4, -0.2) is 52.6 Å². The van der Waals surface area contributed by atoms with Gasteiger partial charge in [0.25, 0.3) is 0 Å². The third-order valence-electron chi connectivity index (χ3n) is 5.01. The summed E-state index contributed by atoms with van der Waals surface area (Å²) in [4.78, 5) is 4.06. The zero-order valence-electron chi connectivity index (χ0n) is 13.4. The van der Waals surface area contributed by atoms with Crippen LogP contribution in [0, 0.1) is 0 Å². The van der Waals surface area contributed by atoms with E-state index in [1.165, 1.54) is 56.6 Å². The fraction of sp³-hybridized carbons (Fsp3) is 0.667. The van der Waals surface area contributed by atoms with Gasteiger partial charge in [0.15, 0.2) is 0 Å². The van der Waals surface area contributed by atoms with E-state index in [-0.39, 0.29) is 0 Å². The first-order chi connectivity index (χ1) is 10.9. The second-order valence-electron chi connectivity index (χ2n) is 6.46. The number of rotatable bonds is 5. The van der Waals surface area contributed by atoms with Crippen LogP contribution in [0.1, 0.15) is 38.5 Å². The van der Waals surface area contributed by atoms with Crippen LogP contribution in [0.4, 0.5) is 0 Å². The lowest BCUT2D eigenvalue weighted by Gasteiger charge is -2.44. The molecule has 0 amide bonds. The van der Waals surface area contributed by atoms with Crippen LogP contribution in [-0.2, 0) is 0 Å². The van der Waals surface area contributed by atoms with Gasteiger partial charge in [-0.2, -0.15) is 0 Å². The maximum atomic E-state index is 9.30. The second-order valence-corrected chi connectivity index (χ2v) is 7.63. The van der Waals surface area contributed by atoms with Crippen LogP contribution < -0.4 is 0 Å². The van der Waals surface area contributed by atoms with Crippen LogP contribution in [0.2, 0.25) is 0 Å². The molecule has 0 spiro atoms. The number of aliphatic hydroxyl groups excluding tert-OH is 1. The van der Waals surface area contributed by atoms with Gasteiger partial charge in [-0.3, -0.25) is 4.90 Å². The van der Waals surface area contributed by atoms with E-state index in [2.05, 4.69) is 39.5 Å². The third kappa shape index (κ3) is 4.25. The normalized spacial score (nSPS) is 25.4. The fourth-order valence-electron chi connectivity index (χ4n) is 3.86. The fourth-order valence-corrected chi connectivity index (χ4v) is 4.83. The molecule has 2 heterocycles. The maximum Gasteiger partial charge on any atom is 0.0445 e. The molecule has 1 aromatic rings. The summed E-state index contributed by atoms with van der Waals surface area (Å²) in [6.07, 6.45) is 7.44. The van der Waals surface area contributed by atoms with E-state index in [9.17, 15) is 5.11 Å². The summed E-state index contributed by atoms with van der Waals surface area (Å²) < 4.78 is 2.51. The maximum absolute atomic E-state index is 9.30. The molecule has 3 nitrogen and oxygen atoms in total. The summed E-state index contributed by atoms with van der Waals surface area (Å²) in [5.74, 6) is 0. The van der Waals surface area contributed by atoms with Gasteiger partial charge in [-0.15, -0.1) is 0 Å².